The summed E-state index contributed by atoms with van der Waals surface area (Å²) in [6.45, 7) is 12.2. The smallest absolute Gasteiger partial charge is 0.109 e. The van der Waals surface area contributed by atoms with Crippen molar-refractivity contribution in [3.05, 3.63) is 0 Å². The molecule has 3 nitrogen and oxygen atoms in total. The molecule has 0 aromatic carbocycles. The van der Waals surface area contributed by atoms with E-state index >= 15 is 0 Å². The zero-order valence-electron chi connectivity index (χ0n) is 11.8. The first-order valence-electron chi connectivity index (χ1n) is 6.54. The van der Waals surface area contributed by atoms with Crippen LogP contribution in [0.1, 0.15) is 41.5 Å². The highest BCUT2D eigenvalue weighted by Gasteiger charge is 2.43. The second-order valence-corrected chi connectivity index (χ2v) is 5.46. The van der Waals surface area contributed by atoms with E-state index in [1.54, 1.807) is 0 Å². The first-order chi connectivity index (χ1) is 7.82. The molecule has 1 aliphatic rings. The van der Waals surface area contributed by atoms with Gasteiger partial charge < -0.3 is 14.2 Å². The highest BCUT2D eigenvalue weighted by Crippen LogP contribution is 2.31. The maximum Gasteiger partial charge on any atom is 0.109 e. The highest BCUT2D eigenvalue weighted by atomic mass is 16.6. The summed E-state index contributed by atoms with van der Waals surface area (Å²) < 4.78 is 17.5. The summed E-state index contributed by atoms with van der Waals surface area (Å²) in [4.78, 5) is 0. The van der Waals surface area contributed by atoms with Crippen LogP contribution in [0.15, 0.2) is 0 Å². The van der Waals surface area contributed by atoms with Gasteiger partial charge in [-0.15, -0.1) is 0 Å². The van der Waals surface area contributed by atoms with Crippen LogP contribution in [-0.2, 0) is 14.2 Å². The average molecular weight is 240 g/mol. The molecule has 4 heteroatoms. The Hall–Kier alpha value is -0.0551. The molecule has 98 valence electrons. The van der Waals surface area contributed by atoms with Crippen molar-refractivity contribution in [2.75, 3.05) is 0 Å². The molecule has 5 atom stereocenters. The van der Waals surface area contributed by atoms with E-state index in [4.69, 9.17) is 22.1 Å². The van der Waals surface area contributed by atoms with Gasteiger partial charge in [0.1, 0.15) is 14.0 Å². The summed E-state index contributed by atoms with van der Waals surface area (Å²) in [6, 6.07) is -0.262. The lowest BCUT2D eigenvalue weighted by Crippen LogP contribution is -2.40. The molecule has 0 amide bonds. The van der Waals surface area contributed by atoms with Crippen LogP contribution >= 0.6 is 0 Å². The molecule has 2 radical (unpaired) electrons. The van der Waals surface area contributed by atoms with Crippen molar-refractivity contribution in [2.24, 2.45) is 5.92 Å². The number of hydrogen-bond donors (Lipinski definition) is 0. The Labute approximate surface area is 107 Å². The van der Waals surface area contributed by atoms with Crippen molar-refractivity contribution in [1.82, 2.24) is 0 Å². The van der Waals surface area contributed by atoms with Gasteiger partial charge in [0.25, 0.3) is 0 Å². The minimum atomic E-state index is -0.262. The van der Waals surface area contributed by atoms with E-state index in [-0.39, 0.29) is 42.4 Å². The zero-order chi connectivity index (χ0) is 13.2. The quantitative estimate of drug-likeness (QED) is 0.689. The van der Waals surface area contributed by atoms with Crippen LogP contribution in [0.2, 0.25) is 0 Å². The van der Waals surface area contributed by atoms with E-state index in [9.17, 15) is 0 Å². The molecule has 1 saturated heterocycles. The average Bonchev–Trinajstić information content (AvgIpc) is 2.44. The Morgan fingerprint density at radius 1 is 1.06 bits per heavy atom. The predicted octanol–water partition coefficient (Wildman–Crippen LogP) is 2.12. The standard InChI is InChI=1S/C13H25BO3/c1-7(2)15-10(6)12-11(16-8(3)4)9(5)13(14)17-12/h7-13H,1-6H3/t9-,10?,11?,12+,13+/m0/s1. The molecule has 0 N–H and O–H groups in total. The van der Waals surface area contributed by atoms with Gasteiger partial charge in [-0.1, -0.05) is 6.92 Å². The van der Waals surface area contributed by atoms with Gasteiger partial charge in [-0.3, -0.25) is 0 Å². The van der Waals surface area contributed by atoms with Crippen molar-refractivity contribution in [1.29, 1.82) is 0 Å². The molecule has 0 aromatic rings. The molecular weight excluding hydrogens is 215 g/mol. The van der Waals surface area contributed by atoms with Crippen LogP contribution in [0, 0.1) is 5.92 Å². The summed E-state index contributed by atoms with van der Waals surface area (Å²) in [7, 11) is 5.95. The minimum Gasteiger partial charge on any atom is -0.379 e. The van der Waals surface area contributed by atoms with Crippen molar-refractivity contribution < 1.29 is 14.2 Å². The summed E-state index contributed by atoms with van der Waals surface area (Å²) in [5.74, 6) is 0.195. The summed E-state index contributed by atoms with van der Waals surface area (Å²) in [5.41, 5.74) is 0. The summed E-state index contributed by atoms with van der Waals surface area (Å²) in [6.07, 6.45) is 0.281. The molecule has 1 heterocycles. The Bertz CT molecular complexity index is 233. The van der Waals surface area contributed by atoms with Crippen LogP contribution in [-0.4, -0.2) is 44.4 Å². The van der Waals surface area contributed by atoms with Crippen LogP contribution in [0.3, 0.4) is 0 Å². The fraction of sp³-hybridized carbons (Fsp3) is 1.00. The second-order valence-electron chi connectivity index (χ2n) is 5.46. The van der Waals surface area contributed by atoms with Crippen molar-refractivity contribution >= 4 is 7.85 Å². The lowest BCUT2D eigenvalue weighted by Gasteiger charge is -2.29. The molecule has 0 bridgehead atoms. The Balaban J connectivity index is 2.67. The van der Waals surface area contributed by atoms with Crippen molar-refractivity contribution in [3.8, 4) is 0 Å². The van der Waals surface area contributed by atoms with E-state index < -0.39 is 0 Å². The van der Waals surface area contributed by atoms with Gasteiger partial charge in [0.2, 0.25) is 0 Å². The van der Waals surface area contributed by atoms with Gasteiger partial charge in [0, 0.05) is 11.9 Å². The number of hydrogen-bond acceptors (Lipinski definition) is 3. The molecule has 2 unspecified atom stereocenters. The highest BCUT2D eigenvalue weighted by molar-refractivity contribution is 6.11. The molecule has 1 rings (SSSR count). The van der Waals surface area contributed by atoms with E-state index in [1.807, 2.05) is 34.6 Å². The van der Waals surface area contributed by atoms with E-state index in [2.05, 4.69) is 6.92 Å². The molecule has 1 aliphatic heterocycles. The maximum atomic E-state index is 5.95. The topological polar surface area (TPSA) is 27.7 Å². The number of ether oxygens (including phenoxy) is 3. The van der Waals surface area contributed by atoms with Gasteiger partial charge in [-0.25, -0.2) is 0 Å². The van der Waals surface area contributed by atoms with Crippen molar-refractivity contribution in [2.45, 2.75) is 78.1 Å². The molecule has 0 saturated carbocycles. The first kappa shape index (κ1) is 15.0. The summed E-state index contributed by atoms with van der Waals surface area (Å²) >= 11 is 0. The van der Waals surface area contributed by atoms with Crippen LogP contribution in [0.4, 0.5) is 0 Å². The third-order valence-corrected chi connectivity index (χ3v) is 3.05. The molecule has 0 spiro atoms. The fourth-order valence-corrected chi connectivity index (χ4v) is 2.27. The van der Waals surface area contributed by atoms with Crippen molar-refractivity contribution in [3.63, 3.8) is 0 Å². The van der Waals surface area contributed by atoms with Gasteiger partial charge in [-0.2, -0.15) is 0 Å². The molecule has 1 fully saturated rings. The third kappa shape index (κ3) is 3.97. The first-order valence-corrected chi connectivity index (χ1v) is 6.54. The van der Waals surface area contributed by atoms with Gasteiger partial charge in [-0.05, 0) is 34.6 Å². The normalized spacial score (nSPS) is 35.8. The largest absolute Gasteiger partial charge is 0.379 e. The predicted molar refractivity (Wildman–Crippen MR) is 69.3 cm³/mol. The Kier molecular flexibility index (Phi) is 5.48. The molecular formula is C13H25BO3. The Morgan fingerprint density at radius 2 is 1.65 bits per heavy atom. The minimum absolute atomic E-state index is 0.00486. The molecule has 17 heavy (non-hydrogen) atoms. The van der Waals surface area contributed by atoms with Gasteiger partial charge >= 0.3 is 0 Å². The SMILES string of the molecule is [B][C@@H]1O[C@H](C(C)OC(C)C)C(OC(C)C)[C@@H]1C. The lowest BCUT2D eigenvalue weighted by atomic mass is 9.85. The lowest BCUT2D eigenvalue weighted by molar-refractivity contribution is -0.119. The second kappa shape index (κ2) is 6.21. The monoisotopic (exact) mass is 240 g/mol. The zero-order valence-corrected chi connectivity index (χ0v) is 11.8. The molecule has 0 aromatic heterocycles. The molecule has 0 aliphatic carbocycles. The summed E-state index contributed by atoms with van der Waals surface area (Å²) in [5, 5.41) is 0. The van der Waals surface area contributed by atoms with Gasteiger partial charge in [0.15, 0.2) is 0 Å². The van der Waals surface area contributed by atoms with Gasteiger partial charge in [0.05, 0.1) is 24.4 Å². The van der Waals surface area contributed by atoms with E-state index in [1.165, 1.54) is 0 Å². The van der Waals surface area contributed by atoms with Crippen LogP contribution in [0.25, 0.3) is 0 Å². The Morgan fingerprint density at radius 3 is 2.12 bits per heavy atom. The van der Waals surface area contributed by atoms with E-state index in [0.717, 1.165) is 0 Å². The third-order valence-electron chi connectivity index (χ3n) is 3.05. The number of rotatable bonds is 5. The van der Waals surface area contributed by atoms with E-state index in [0.29, 0.717) is 0 Å². The maximum absolute atomic E-state index is 5.95. The van der Waals surface area contributed by atoms with Crippen LogP contribution in [0.5, 0.6) is 0 Å². The fourth-order valence-electron chi connectivity index (χ4n) is 2.27. The van der Waals surface area contributed by atoms with Crippen LogP contribution < -0.4 is 0 Å².